The maximum Gasteiger partial charge on any atom is 0.229 e. The van der Waals surface area contributed by atoms with E-state index in [1.807, 2.05) is 0 Å². The summed E-state index contributed by atoms with van der Waals surface area (Å²) in [5.41, 5.74) is 0. The molecule has 1 fully saturated rings. The largest absolute Gasteiger partial charge is 0.314 e. The second kappa shape index (κ2) is 6.63. The number of hydrogen-bond acceptors (Lipinski definition) is 3. The van der Waals surface area contributed by atoms with Crippen molar-refractivity contribution < 1.29 is 9.59 Å². The van der Waals surface area contributed by atoms with Gasteiger partial charge >= 0.3 is 0 Å². The zero-order valence-electron chi connectivity index (χ0n) is 10.3. The summed E-state index contributed by atoms with van der Waals surface area (Å²) in [6.07, 6.45) is 3.60. The number of rotatable bonds is 5. The molecule has 0 radical (unpaired) electrons. The molecule has 1 heterocycles. The Morgan fingerprint density at radius 1 is 1.25 bits per heavy atom. The minimum atomic E-state index is 0.00574. The maximum absolute atomic E-state index is 11.7. The zero-order chi connectivity index (χ0) is 12.0. The molecule has 1 atom stereocenters. The third kappa shape index (κ3) is 3.93. The van der Waals surface area contributed by atoms with Gasteiger partial charge in [0.25, 0.3) is 0 Å². The summed E-state index contributed by atoms with van der Waals surface area (Å²) in [4.78, 5) is 24.8. The van der Waals surface area contributed by atoms with Gasteiger partial charge < -0.3 is 5.32 Å². The van der Waals surface area contributed by atoms with Crippen LogP contribution >= 0.6 is 0 Å². The van der Waals surface area contributed by atoms with E-state index >= 15 is 0 Å². The van der Waals surface area contributed by atoms with Gasteiger partial charge in [-0.15, -0.1) is 0 Å². The van der Waals surface area contributed by atoms with E-state index in [2.05, 4.69) is 19.2 Å². The van der Waals surface area contributed by atoms with Gasteiger partial charge in [-0.3, -0.25) is 14.5 Å². The fourth-order valence-corrected chi connectivity index (χ4v) is 1.98. The molecule has 16 heavy (non-hydrogen) atoms. The lowest BCUT2D eigenvalue weighted by atomic mass is 10.2. The average Bonchev–Trinajstić information content (AvgIpc) is 2.39. The van der Waals surface area contributed by atoms with Crippen molar-refractivity contribution in [1.82, 2.24) is 10.2 Å². The molecular weight excluding hydrogens is 204 g/mol. The number of carbonyl (C=O) groups excluding carboxylic acids is 2. The van der Waals surface area contributed by atoms with Crippen LogP contribution in [0.25, 0.3) is 0 Å². The number of nitrogens with zero attached hydrogens (tertiary/aromatic N) is 1. The van der Waals surface area contributed by atoms with E-state index in [0.29, 0.717) is 25.4 Å². The van der Waals surface area contributed by atoms with E-state index in [1.165, 1.54) is 4.90 Å². The summed E-state index contributed by atoms with van der Waals surface area (Å²) in [5.74, 6) is 0.0115. The van der Waals surface area contributed by atoms with Crippen molar-refractivity contribution in [1.29, 1.82) is 0 Å². The van der Waals surface area contributed by atoms with Crippen LogP contribution in [0.5, 0.6) is 0 Å². The first-order chi connectivity index (χ1) is 7.65. The van der Waals surface area contributed by atoms with E-state index in [9.17, 15) is 9.59 Å². The van der Waals surface area contributed by atoms with E-state index in [4.69, 9.17) is 0 Å². The smallest absolute Gasteiger partial charge is 0.229 e. The van der Waals surface area contributed by atoms with Gasteiger partial charge in [-0.1, -0.05) is 6.92 Å². The summed E-state index contributed by atoms with van der Waals surface area (Å²) in [6, 6.07) is 0.355. The zero-order valence-corrected chi connectivity index (χ0v) is 10.3. The van der Waals surface area contributed by atoms with Crippen molar-refractivity contribution >= 4 is 11.8 Å². The number of imide groups is 1. The first-order valence-electron chi connectivity index (χ1n) is 6.21. The molecule has 92 valence electrons. The second-order valence-corrected chi connectivity index (χ2v) is 4.39. The lowest BCUT2D eigenvalue weighted by molar-refractivity contribution is -0.143. The van der Waals surface area contributed by atoms with Crippen molar-refractivity contribution in [2.45, 2.75) is 52.0 Å². The molecule has 1 N–H and O–H groups in total. The predicted molar refractivity (Wildman–Crippen MR) is 62.9 cm³/mol. The van der Waals surface area contributed by atoms with Gasteiger partial charge in [0, 0.05) is 25.4 Å². The molecule has 1 rings (SSSR count). The molecule has 0 aromatic rings. The van der Waals surface area contributed by atoms with Crippen LogP contribution in [0.3, 0.4) is 0 Å². The molecule has 1 saturated heterocycles. The van der Waals surface area contributed by atoms with Crippen LogP contribution in [0, 0.1) is 0 Å². The van der Waals surface area contributed by atoms with Crippen LogP contribution in [0.2, 0.25) is 0 Å². The lowest BCUT2D eigenvalue weighted by Crippen LogP contribution is -2.39. The van der Waals surface area contributed by atoms with Crippen LogP contribution < -0.4 is 5.32 Å². The summed E-state index contributed by atoms with van der Waals surface area (Å²) >= 11 is 0. The summed E-state index contributed by atoms with van der Waals surface area (Å²) in [5, 5.41) is 3.28. The van der Waals surface area contributed by atoms with Gasteiger partial charge in [-0.2, -0.15) is 0 Å². The van der Waals surface area contributed by atoms with Crippen molar-refractivity contribution in [3.05, 3.63) is 0 Å². The topological polar surface area (TPSA) is 49.4 Å². The summed E-state index contributed by atoms with van der Waals surface area (Å²) in [6.45, 7) is 5.61. The quantitative estimate of drug-likeness (QED) is 0.719. The summed E-state index contributed by atoms with van der Waals surface area (Å²) in [7, 11) is 0. The van der Waals surface area contributed by atoms with Gasteiger partial charge in [0.2, 0.25) is 11.8 Å². The SMILES string of the molecule is CCNC(C)CCN1C(=O)CCCCC1=O. The van der Waals surface area contributed by atoms with Crippen LogP contribution in [0.4, 0.5) is 0 Å². The molecular formula is C12H22N2O2. The third-order valence-electron chi connectivity index (χ3n) is 2.97. The molecule has 1 aliphatic heterocycles. The number of hydrogen-bond donors (Lipinski definition) is 1. The molecule has 0 bridgehead atoms. The van der Waals surface area contributed by atoms with E-state index in [0.717, 1.165) is 25.8 Å². The van der Waals surface area contributed by atoms with Gasteiger partial charge in [-0.25, -0.2) is 0 Å². The Morgan fingerprint density at radius 2 is 1.81 bits per heavy atom. The third-order valence-corrected chi connectivity index (χ3v) is 2.97. The molecule has 0 spiro atoms. The molecule has 0 saturated carbocycles. The fraction of sp³-hybridized carbons (Fsp3) is 0.833. The van der Waals surface area contributed by atoms with E-state index in [-0.39, 0.29) is 11.8 Å². The molecule has 0 aliphatic carbocycles. The highest BCUT2D eigenvalue weighted by Gasteiger charge is 2.23. The highest BCUT2D eigenvalue weighted by atomic mass is 16.2. The van der Waals surface area contributed by atoms with E-state index < -0.39 is 0 Å². The Bertz CT molecular complexity index is 235. The Hall–Kier alpha value is -0.900. The lowest BCUT2D eigenvalue weighted by Gasteiger charge is -2.21. The molecule has 4 heteroatoms. The van der Waals surface area contributed by atoms with Gasteiger partial charge in [0.05, 0.1) is 0 Å². The van der Waals surface area contributed by atoms with Gasteiger partial charge in [0.15, 0.2) is 0 Å². The molecule has 1 unspecified atom stereocenters. The Labute approximate surface area is 97.4 Å². The Morgan fingerprint density at radius 3 is 2.31 bits per heavy atom. The van der Waals surface area contributed by atoms with Crippen molar-refractivity contribution in [2.75, 3.05) is 13.1 Å². The van der Waals surface area contributed by atoms with Crippen LogP contribution in [-0.4, -0.2) is 35.8 Å². The van der Waals surface area contributed by atoms with Crippen molar-refractivity contribution in [2.24, 2.45) is 0 Å². The highest BCUT2D eigenvalue weighted by Crippen LogP contribution is 2.13. The molecule has 1 aliphatic rings. The minimum absolute atomic E-state index is 0.00574. The molecule has 0 aromatic carbocycles. The monoisotopic (exact) mass is 226 g/mol. The number of nitrogens with one attached hydrogen (secondary N) is 1. The summed E-state index contributed by atoms with van der Waals surface area (Å²) < 4.78 is 0. The first kappa shape index (κ1) is 13.2. The predicted octanol–water partition coefficient (Wildman–Crippen LogP) is 1.30. The molecule has 0 aromatic heterocycles. The Balaban J connectivity index is 2.43. The first-order valence-corrected chi connectivity index (χ1v) is 6.21. The van der Waals surface area contributed by atoms with E-state index in [1.54, 1.807) is 0 Å². The van der Waals surface area contributed by atoms with Crippen LogP contribution in [-0.2, 0) is 9.59 Å². The standard InChI is InChI=1S/C12H22N2O2/c1-3-13-10(2)8-9-14-11(15)6-4-5-7-12(14)16/h10,13H,3-9H2,1-2H3. The molecule has 4 nitrogen and oxygen atoms in total. The number of likely N-dealkylation sites (tertiary alicyclic amines) is 1. The maximum atomic E-state index is 11.7. The Kier molecular flexibility index (Phi) is 5.46. The van der Waals surface area contributed by atoms with Crippen LogP contribution in [0.15, 0.2) is 0 Å². The number of amides is 2. The molecule has 2 amide bonds. The van der Waals surface area contributed by atoms with Gasteiger partial charge in [0.1, 0.15) is 0 Å². The van der Waals surface area contributed by atoms with Crippen LogP contribution in [0.1, 0.15) is 46.0 Å². The van der Waals surface area contributed by atoms with Crippen molar-refractivity contribution in [3.63, 3.8) is 0 Å². The average molecular weight is 226 g/mol. The second-order valence-electron chi connectivity index (χ2n) is 4.39. The van der Waals surface area contributed by atoms with Crippen molar-refractivity contribution in [3.8, 4) is 0 Å². The normalized spacial score (nSPS) is 19.8. The highest BCUT2D eigenvalue weighted by molar-refractivity contribution is 5.95. The van der Waals surface area contributed by atoms with Gasteiger partial charge in [-0.05, 0) is 32.7 Å². The number of carbonyl (C=O) groups is 2. The fourth-order valence-electron chi connectivity index (χ4n) is 1.98. The minimum Gasteiger partial charge on any atom is -0.314 e.